The highest BCUT2D eigenvalue weighted by Gasteiger charge is 2.22. The zero-order valence-electron chi connectivity index (χ0n) is 15.1. The number of ether oxygens (including phenoxy) is 1. The first-order valence-electron chi connectivity index (χ1n) is 8.30. The van der Waals surface area contributed by atoms with Gasteiger partial charge in [-0.1, -0.05) is 34.7 Å². The summed E-state index contributed by atoms with van der Waals surface area (Å²) in [5.41, 5.74) is 1.51. The molecule has 0 aromatic heterocycles. The van der Waals surface area contributed by atoms with Crippen LogP contribution < -0.4 is 9.04 Å². The van der Waals surface area contributed by atoms with Crippen molar-refractivity contribution in [2.24, 2.45) is 0 Å². The quantitative estimate of drug-likeness (QED) is 0.614. The van der Waals surface area contributed by atoms with Crippen LogP contribution in [0.2, 0.25) is 0 Å². The van der Waals surface area contributed by atoms with Crippen LogP contribution in [0.25, 0.3) is 0 Å². The zero-order chi connectivity index (χ0) is 19.2. The van der Waals surface area contributed by atoms with Gasteiger partial charge in [-0.2, -0.15) is 0 Å². The summed E-state index contributed by atoms with van der Waals surface area (Å²) in [5.74, 6) is 6.52. The number of sulfonamides is 1. The summed E-state index contributed by atoms with van der Waals surface area (Å²) in [6, 6.07) is 11.9. The van der Waals surface area contributed by atoms with E-state index in [1.54, 1.807) is 37.4 Å². The van der Waals surface area contributed by atoms with Gasteiger partial charge < -0.3 is 4.74 Å². The van der Waals surface area contributed by atoms with Crippen molar-refractivity contribution in [1.82, 2.24) is 0 Å². The molecule has 4 nitrogen and oxygen atoms in total. The highest BCUT2D eigenvalue weighted by Crippen LogP contribution is 2.28. The van der Waals surface area contributed by atoms with E-state index < -0.39 is 10.0 Å². The van der Waals surface area contributed by atoms with Crippen molar-refractivity contribution in [3.05, 3.63) is 52.5 Å². The smallest absolute Gasteiger partial charge is 0.264 e. The first kappa shape index (κ1) is 20.3. The third-order valence-electron chi connectivity index (χ3n) is 3.79. The maximum atomic E-state index is 12.9. The zero-order valence-corrected chi connectivity index (χ0v) is 17.5. The number of hydrogen-bond acceptors (Lipinski definition) is 3. The molecule has 138 valence electrons. The molecule has 0 heterocycles. The summed E-state index contributed by atoms with van der Waals surface area (Å²) in [6.07, 6.45) is 1.87. The van der Waals surface area contributed by atoms with Crippen LogP contribution >= 0.6 is 15.9 Å². The van der Waals surface area contributed by atoms with E-state index in [0.717, 1.165) is 22.9 Å². The molecule has 0 radical (unpaired) electrons. The molecule has 0 saturated heterocycles. The van der Waals surface area contributed by atoms with Crippen LogP contribution in [-0.4, -0.2) is 22.1 Å². The molecule has 2 aromatic carbocycles. The molecule has 0 atom stereocenters. The summed E-state index contributed by atoms with van der Waals surface area (Å²) < 4.78 is 33.4. The topological polar surface area (TPSA) is 46.6 Å². The Labute approximate surface area is 164 Å². The summed E-state index contributed by atoms with van der Waals surface area (Å²) in [6.45, 7) is 4.24. The SMILES string of the molecule is CCCC#CCOc1ccc(S(=O)(=O)N(C)c2ccc(Br)cc2C)cc1. The standard InChI is InChI=1S/C20H22BrNO3S/c1-4-5-6-7-14-25-18-9-11-19(12-10-18)26(23,24)22(3)20-13-8-17(21)15-16(20)2/h8-13,15H,4-5,14H2,1-3H3. The fourth-order valence-corrected chi connectivity index (χ4v) is 4.09. The highest BCUT2D eigenvalue weighted by atomic mass is 79.9. The minimum atomic E-state index is -3.64. The van der Waals surface area contributed by atoms with Crippen LogP contribution in [0.15, 0.2) is 51.8 Å². The van der Waals surface area contributed by atoms with Crippen molar-refractivity contribution >= 4 is 31.6 Å². The Hall–Kier alpha value is -1.97. The lowest BCUT2D eigenvalue weighted by Crippen LogP contribution is -2.27. The van der Waals surface area contributed by atoms with Crippen LogP contribution in [0.3, 0.4) is 0 Å². The van der Waals surface area contributed by atoms with E-state index in [0.29, 0.717) is 18.0 Å². The number of hydrogen-bond donors (Lipinski definition) is 0. The van der Waals surface area contributed by atoms with Gasteiger partial charge in [0.25, 0.3) is 10.0 Å². The monoisotopic (exact) mass is 435 g/mol. The predicted molar refractivity (Wildman–Crippen MR) is 109 cm³/mol. The van der Waals surface area contributed by atoms with Crippen molar-refractivity contribution in [2.75, 3.05) is 18.0 Å². The normalized spacial score (nSPS) is 10.8. The van der Waals surface area contributed by atoms with Gasteiger partial charge in [-0.3, -0.25) is 4.31 Å². The number of aryl methyl sites for hydroxylation is 1. The molecule has 26 heavy (non-hydrogen) atoms. The maximum absolute atomic E-state index is 12.9. The lowest BCUT2D eigenvalue weighted by atomic mass is 10.2. The third kappa shape index (κ3) is 5.03. The van der Waals surface area contributed by atoms with Gasteiger partial charge in [-0.05, 0) is 61.4 Å². The first-order chi connectivity index (χ1) is 12.4. The van der Waals surface area contributed by atoms with Crippen LogP contribution in [0.4, 0.5) is 5.69 Å². The lowest BCUT2D eigenvalue weighted by molar-refractivity contribution is 0.370. The summed E-state index contributed by atoms with van der Waals surface area (Å²) in [7, 11) is -2.09. The van der Waals surface area contributed by atoms with Crippen molar-refractivity contribution in [3.8, 4) is 17.6 Å². The van der Waals surface area contributed by atoms with E-state index in [9.17, 15) is 8.42 Å². The molecule has 0 fully saturated rings. The van der Waals surface area contributed by atoms with E-state index >= 15 is 0 Å². The fraction of sp³-hybridized carbons (Fsp3) is 0.300. The van der Waals surface area contributed by atoms with Gasteiger partial charge in [0.1, 0.15) is 12.4 Å². The minimum absolute atomic E-state index is 0.215. The summed E-state index contributed by atoms with van der Waals surface area (Å²) >= 11 is 3.39. The fourth-order valence-electron chi connectivity index (χ4n) is 2.35. The van der Waals surface area contributed by atoms with Crippen molar-refractivity contribution in [1.29, 1.82) is 0 Å². The van der Waals surface area contributed by atoms with E-state index in [4.69, 9.17) is 4.74 Å². The third-order valence-corrected chi connectivity index (χ3v) is 6.07. The molecule has 6 heteroatoms. The van der Waals surface area contributed by atoms with E-state index in [1.165, 1.54) is 4.31 Å². The van der Waals surface area contributed by atoms with Crippen LogP contribution in [0.5, 0.6) is 5.75 Å². The number of benzene rings is 2. The predicted octanol–water partition coefficient (Wildman–Crippen LogP) is 4.76. The van der Waals surface area contributed by atoms with Crippen molar-refractivity contribution in [2.45, 2.75) is 31.6 Å². The lowest BCUT2D eigenvalue weighted by Gasteiger charge is -2.21. The molecule has 0 aliphatic rings. The highest BCUT2D eigenvalue weighted by molar-refractivity contribution is 9.10. The number of rotatable bonds is 6. The van der Waals surface area contributed by atoms with Gasteiger partial charge >= 0.3 is 0 Å². The molecule has 0 aliphatic carbocycles. The van der Waals surface area contributed by atoms with E-state index in [-0.39, 0.29) is 4.90 Å². The van der Waals surface area contributed by atoms with Crippen molar-refractivity contribution in [3.63, 3.8) is 0 Å². The Balaban J connectivity index is 2.15. The van der Waals surface area contributed by atoms with Gasteiger partial charge in [0.15, 0.2) is 0 Å². The molecule has 0 aliphatic heterocycles. The molecule has 0 bridgehead atoms. The van der Waals surface area contributed by atoms with E-state index in [1.807, 2.05) is 19.1 Å². The largest absolute Gasteiger partial charge is 0.481 e. The molecule has 2 aromatic rings. The maximum Gasteiger partial charge on any atom is 0.264 e. The molecule has 0 N–H and O–H groups in total. The van der Waals surface area contributed by atoms with Gasteiger partial charge in [-0.25, -0.2) is 8.42 Å². The molecular weight excluding hydrogens is 414 g/mol. The molecule has 0 spiro atoms. The number of nitrogens with zero attached hydrogens (tertiary/aromatic N) is 1. The van der Waals surface area contributed by atoms with E-state index in [2.05, 4.69) is 34.7 Å². The molecule has 0 saturated carbocycles. The Morgan fingerprint density at radius 2 is 1.81 bits per heavy atom. The van der Waals surface area contributed by atoms with Crippen LogP contribution in [0.1, 0.15) is 25.3 Å². The summed E-state index contributed by atoms with van der Waals surface area (Å²) in [4.78, 5) is 0.215. The Kier molecular flexibility index (Phi) is 7.13. The second-order valence-corrected chi connectivity index (χ2v) is 8.65. The van der Waals surface area contributed by atoms with Gasteiger partial charge in [0, 0.05) is 17.9 Å². The Morgan fingerprint density at radius 3 is 2.42 bits per heavy atom. The Bertz CT molecular complexity index is 912. The average molecular weight is 436 g/mol. The number of unbranched alkanes of at least 4 members (excludes halogenated alkanes) is 1. The molecular formula is C20H22BrNO3S. The number of halogens is 1. The summed E-state index contributed by atoms with van der Waals surface area (Å²) in [5, 5.41) is 0. The van der Waals surface area contributed by atoms with Gasteiger partial charge in [-0.15, -0.1) is 0 Å². The number of anilines is 1. The van der Waals surface area contributed by atoms with Gasteiger partial charge in [0.2, 0.25) is 0 Å². The average Bonchev–Trinajstić information content (AvgIpc) is 2.61. The molecule has 0 amide bonds. The second kappa shape index (κ2) is 9.11. The van der Waals surface area contributed by atoms with Crippen LogP contribution in [-0.2, 0) is 10.0 Å². The first-order valence-corrected chi connectivity index (χ1v) is 10.5. The second-order valence-electron chi connectivity index (χ2n) is 5.77. The molecule has 2 rings (SSSR count). The van der Waals surface area contributed by atoms with Gasteiger partial charge in [0.05, 0.1) is 10.6 Å². The van der Waals surface area contributed by atoms with Crippen LogP contribution in [0, 0.1) is 18.8 Å². The Morgan fingerprint density at radius 1 is 1.12 bits per heavy atom. The molecule has 0 unspecified atom stereocenters. The van der Waals surface area contributed by atoms with Crippen molar-refractivity contribution < 1.29 is 13.2 Å². The minimum Gasteiger partial charge on any atom is -0.481 e.